The highest BCUT2D eigenvalue weighted by Gasteiger charge is 2.32. The van der Waals surface area contributed by atoms with Crippen molar-refractivity contribution in [1.29, 1.82) is 0 Å². The van der Waals surface area contributed by atoms with Crippen LogP contribution in [0.2, 0.25) is 0 Å². The van der Waals surface area contributed by atoms with Crippen LogP contribution in [-0.2, 0) is 33.8 Å². The number of hydrogen-bond acceptors (Lipinski definition) is 3. The van der Waals surface area contributed by atoms with E-state index < -0.39 is 34.2 Å². The molecule has 30 heavy (non-hydrogen) atoms. The zero-order valence-electron chi connectivity index (χ0n) is 16.7. The predicted octanol–water partition coefficient (Wildman–Crippen LogP) is 3.84. The number of fused-ring (bicyclic) bond motifs is 1. The van der Waals surface area contributed by atoms with Crippen LogP contribution in [0.15, 0.2) is 42.5 Å². The van der Waals surface area contributed by atoms with Crippen molar-refractivity contribution in [2.75, 3.05) is 17.1 Å². The lowest BCUT2D eigenvalue weighted by molar-refractivity contribution is -0.137. The second-order valence-electron chi connectivity index (χ2n) is 7.49. The summed E-state index contributed by atoms with van der Waals surface area (Å²) in [7, 11) is -3.98. The molecule has 5 nitrogen and oxygen atoms in total. The van der Waals surface area contributed by atoms with E-state index >= 15 is 0 Å². The fourth-order valence-corrected chi connectivity index (χ4v) is 4.45. The van der Waals surface area contributed by atoms with Gasteiger partial charge in [-0.05, 0) is 61.1 Å². The lowest BCUT2D eigenvalue weighted by Crippen LogP contribution is -2.41. The smallest absolute Gasteiger partial charge is 0.348 e. The standard InChI is InChI=1S/C21H23F3N2O3S/c1-14(16-10-9-15-5-3-6-17(15)11-16)25-20(27)13-26(30(2,28)29)19-8-4-7-18(12-19)21(22,23)24/h4,7-12,14H,3,5-6,13H2,1-2H3,(H,25,27). The third-order valence-corrected chi connectivity index (χ3v) is 6.29. The van der Waals surface area contributed by atoms with Crippen LogP contribution in [0.1, 0.15) is 41.6 Å². The van der Waals surface area contributed by atoms with Gasteiger partial charge in [0.2, 0.25) is 15.9 Å². The second-order valence-corrected chi connectivity index (χ2v) is 9.40. The minimum Gasteiger partial charge on any atom is -0.348 e. The Bertz CT molecular complexity index is 1050. The van der Waals surface area contributed by atoms with Crippen molar-refractivity contribution in [2.24, 2.45) is 0 Å². The van der Waals surface area contributed by atoms with E-state index in [1.165, 1.54) is 17.2 Å². The van der Waals surface area contributed by atoms with Gasteiger partial charge in [-0.25, -0.2) is 8.42 Å². The van der Waals surface area contributed by atoms with E-state index in [4.69, 9.17) is 0 Å². The van der Waals surface area contributed by atoms with E-state index in [2.05, 4.69) is 5.32 Å². The monoisotopic (exact) mass is 440 g/mol. The van der Waals surface area contributed by atoms with Gasteiger partial charge >= 0.3 is 6.18 Å². The Morgan fingerprint density at radius 1 is 1.13 bits per heavy atom. The van der Waals surface area contributed by atoms with Gasteiger partial charge in [0.05, 0.1) is 23.5 Å². The normalized spacial score (nSPS) is 14.8. The first-order chi connectivity index (χ1) is 13.9. The van der Waals surface area contributed by atoms with Gasteiger partial charge in [0.25, 0.3) is 0 Å². The minimum absolute atomic E-state index is 0.215. The highest BCUT2D eigenvalue weighted by molar-refractivity contribution is 7.92. The van der Waals surface area contributed by atoms with Gasteiger partial charge in [0.1, 0.15) is 6.54 Å². The van der Waals surface area contributed by atoms with Crippen LogP contribution in [-0.4, -0.2) is 27.1 Å². The molecule has 3 rings (SSSR count). The maximum atomic E-state index is 13.0. The van der Waals surface area contributed by atoms with Crippen molar-refractivity contribution >= 4 is 21.6 Å². The van der Waals surface area contributed by atoms with Crippen molar-refractivity contribution in [1.82, 2.24) is 5.32 Å². The van der Waals surface area contributed by atoms with E-state index in [0.717, 1.165) is 49.3 Å². The summed E-state index contributed by atoms with van der Waals surface area (Å²) in [5.41, 5.74) is 2.24. The molecule has 2 aromatic rings. The molecule has 1 N–H and O–H groups in total. The molecule has 0 saturated carbocycles. The Morgan fingerprint density at radius 2 is 1.83 bits per heavy atom. The molecule has 1 atom stereocenters. The number of aryl methyl sites for hydroxylation is 2. The number of sulfonamides is 1. The summed E-state index contributed by atoms with van der Waals surface area (Å²) < 4.78 is 64.0. The van der Waals surface area contributed by atoms with Crippen molar-refractivity contribution in [2.45, 2.75) is 38.4 Å². The molecule has 0 fully saturated rings. The van der Waals surface area contributed by atoms with E-state index in [1.807, 2.05) is 18.2 Å². The number of amides is 1. The van der Waals surface area contributed by atoms with Gasteiger partial charge < -0.3 is 5.32 Å². The molecule has 1 unspecified atom stereocenters. The topological polar surface area (TPSA) is 66.5 Å². The molecule has 0 aliphatic heterocycles. The van der Waals surface area contributed by atoms with Gasteiger partial charge in [0.15, 0.2) is 0 Å². The molecule has 1 aliphatic rings. The molecule has 0 heterocycles. The SMILES string of the molecule is CC(NC(=O)CN(c1cccc(C(F)(F)F)c1)S(C)(=O)=O)c1ccc2c(c1)CCC2. The van der Waals surface area contributed by atoms with E-state index in [1.54, 1.807) is 6.92 Å². The summed E-state index contributed by atoms with van der Waals surface area (Å²) >= 11 is 0. The highest BCUT2D eigenvalue weighted by Crippen LogP contribution is 2.32. The van der Waals surface area contributed by atoms with Crippen LogP contribution in [0.4, 0.5) is 18.9 Å². The zero-order chi connectivity index (χ0) is 22.1. The average molecular weight is 440 g/mol. The van der Waals surface area contributed by atoms with Crippen LogP contribution < -0.4 is 9.62 Å². The first-order valence-corrected chi connectivity index (χ1v) is 11.4. The third-order valence-electron chi connectivity index (χ3n) is 5.15. The molecule has 0 saturated heterocycles. The number of nitrogens with zero attached hydrogens (tertiary/aromatic N) is 1. The lowest BCUT2D eigenvalue weighted by Gasteiger charge is -2.24. The molecule has 1 aliphatic carbocycles. The van der Waals surface area contributed by atoms with Crippen molar-refractivity contribution in [3.63, 3.8) is 0 Å². The maximum Gasteiger partial charge on any atom is 0.416 e. The largest absolute Gasteiger partial charge is 0.416 e. The van der Waals surface area contributed by atoms with Gasteiger partial charge in [0, 0.05) is 0 Å². The second kappa shape index (κ2) is 8.29. The summed E-state index contributed by atoms with van der Waals surface area (Å²) in [6.45, 7) is 1.17. The summed E-state index contributed by atoms with van der Waals surface area (Å²) in [5.74, 6) is -0.606. The zero-order valence-corrected chi connectivity index (χ0v) is 17.5. The molecule has 9 heteroatoms. The van der Waals surface area contributed by atoms with Crippen molar-refractivity contribution in [3.8, 4) is 0 Å². The van der Waals surface area contributed by atoms with Gasteiger partial charge in [-0.15, -0.1) is 0 Å². The van der Waals surface area contributed by atoms with Crippen molar-refractivity contribution in [3.05, 3.63) is 64.7 Å². The van der Waals surface area contributed by atoms with Crippen LogP contribution in [0.25, 0.3) is 0 Å². The first kappa shape index (κ1) is 22.1. The molecular formula is C21H23F3N2O3S. The van der Waals surface area contributed by atoms with Crippen LogP contribution >= 0.6 is 0 Å². The number of halogens is 3. The summed E-state index contributed by atoms with van der Waals surface area (Å²) in [4.78, 5) is 12.5. The third kappa shape index (κ3) is 5.13. The number of anilines is 1. The minimum atomic E-state index is -4.62. The van der Waals surface area contributed by atoms with Crippen LogP contribution in [0.3, 0.4) is 0 Å². The van der Waals surface area contributed by atoms with Crippen LogP contribution in [0, 0.1) is 0 Å². The maximum absolute atomic E-state index is 13.0. The van der Waals surface area contributed by atoms with Gasteiger partial charge in [-0.3, -0.25) is 9.10 Å². The molecule has 162 valence electrons. The van der Waals surface area contributed by atoms with Crippen LogP contribution in [0.5, 0.6) is 0 Å². The molecule has 0 aromatic heterocycles. The molecular weight excluding hydrogens is 417 g/mol. The number of carbonyl (C=O) groups excluding carboxylic acids is 1. The quantitative estimate of drug-likeness (QED) is 0.742. The molecule has 0 bridgehead atoms. The number of benzene rings is 2. The summed E-state index contributed by atoms with van der Waals surface area (Å²) in [6.07, 6.45) is -0.647. The summed E-state index contributed by atoms with van der Waals surface area (Å²) in [6, 6.07) is 9.54. The Morgan fingerprint density at radius 3 is 2.50 bits per heavy atom. The highest BCUT2D eigenvalue weighted by atomic mass is 32.2. The first-order valence-electron chi connectivity index (χ1n) is 9.51. The number of nitrogens with one attached hydrogen (secondary N) is 1. The molecule has 2 aromatic carbocycles. The fourth-order valence-electron chi connectivity index (χ4n) is 3.60. The van der Waals surface area contributed by atoms with Gasteiger partial charge in [-0.1, -0.05) is 24.3 Å². The van der Waals surface area contributed by atoms with Gasteiger partial charge in [-0.2, -0.15) is 13.2 Å². The number of carbonyl (C=O) groups is 1. The van der Waals surface area contributed by atoms with E-state index in [-0.39, 0.29) is 11.7 Å². The Kier molecular flexibility index (Phi) is 6.12. The fraction of sp³-hybridized carbons (Fsp3) is 0.381. The number of rotatable bonds is 6. The summed E-state index contributed by atoms with van der Waals surface area (Å²) in [5, 5.41) is 2.74. The Balaban J connectivity index is 1.76. The Hall–Kier alpha value is -2.55. The number of alkyl halides is 3. The molecule has 1 amide bonds. The number of hydrogen-bond donors (Lipinski definition) is 1. The average Bonchev–Trinajstić information content (AvgIpc) is 3.12. The lowest BCUT2D eigenvalue weighted by atomic mass is 10.0. The predicted molar refractivity (Wildman–Crippen MR) is 109 cm³/mol. The Labute approximate surface area is 173 Å². The molecule has 0 spiro atoms. The van der Waals surface area contributed by atoms with E-state index in [9.17, 15) is 26.4 Å². The molecule has 0 radical (unpaired) electrons. The van der Waals surface area contributed by atoms with E-state index in [0.29, 0.717) is 4.31 Å². The van der Waals surface area contributed by atoms with Crippen molar-refractivity contribution < 1.29 is 26.4 Å².